The number of methoxy groups -OCH3 is 1. The second kappa shape index (κ2) is 7.80. The van der Waals surface area contributed by atoms with E-state index >= 15 is 0 Å². The number of aromatic nitrogens is 1. The average molecular weight is 355 g/mol. The highest BCUT2D eigenvalue weighted by Crippen LogP contribution is 2.30. The lowest BCUT2D eigenvalue weighted by Gasteiger charge is -2.35. The van der Waals surface area contributed by atoms with Gasteiger partial charge in [0.05, 0.1) is 19.3 Å². The number of hydrogen-bond donors (Lipinski definition) is 0. The number of hydrogen-bond acceptors (Lipinski definition) is 5. The maximum Gasteiger partial charge on any atom is 0.150 e. The van der Waals surface area contributed by atoms with Crippen molar-refractivity contribution < 1.29 is 9.26 Å². The van der Waals surface area contributed by atoms with Gasteiger partial charge in [-0.3, -0.25) is 9.80 Å². The molecule has 0 unspecified atom stereocenters. The molecule has 5 heteroatoms. The van der Waals surface area contributed by atoms with E-state index in [-0.39, 0.29) is 0 Å². The van der Waals surface area contributed by atoms with E-state index in [1.807, 2.05) is 0 Å². The number of piperidine rings is 1. The summed E-state index contributed by atoms with van der Waals surface area (Å²) in [6.45, 7) is 7.53. The fraction of sp³-hybridized carbons (Fsp3) is 0.571. The number of benzene rings is 1. The van der Waals surface area contributed by atoms with Crippen molar-refractivity contribution in [3.63, 3.8) is 0 Å². The molecule has 1 aromatic heterocycles. The SMILES string of the molecule is CCc1cc(CN2C[C@H]3CC[C@@H]2CN(Cc2ccc(OC)cc2)C3)on1. The number of fused-ring (bicyclic) bond motifs is 4. The van der Waals surface area contributed by atoms with Crippen LogP contribution in [0.25, 0.3) is 0 Å². The lowest BCUT2D eigenvalue weighted by Crippen LogP contribution is -2.43. The van der Waals surface area contributed by atoms with Crippen molar-refractivity contribution in [2.75, 3.05) is 26.7 Å². The molecule has 5 rings (SSSR count). The summed E-state index contributed by atoms with van der Waals surface area (Å²) in [6.07, 6.45) is 3.57. The van der Waals surface area contributed by atoms with E-state index in [2.05, 4.69) is 52.2 Å². The molecule has 26 heavy (non-hydrogen) atoms. The summed E-state index contributed by atoms with van der Waals surface area (Å²) >= 11 is 0. The smallest absolute Gasteiger partial charge is 0.150 e. The Hall–Kier alpha value is -1.85. The Bertz CT molecular complexity index is 712. The Balaban J connectivity index is 1.40. The van der Waals surface area contributed by atoms with Crippen LogP contribution in [0.5, 0.6) is 5.75 Å². The van der Waals surface area contributed by atoms with Gasteiger partial charge in [-0.05, 0) is 42.9 Å². The first-order chi connectivity index (χ1) is 12.7. The van der Waals surface area contributed by atoms with Crippen molar-refractivity contribution in [2.24, 2.45) is 5.92 Å². The van der Waals surface area contributed by atoms with Gasteiger partial charge in [0, 0.05) is 38.3 Å². The van der Waals surface area contributed by atoms with E-state index in [9.17, 15) is 0 Å². The van der Waals surface area contributed by atoms with Gasteiger partial charge in [0.1, 0.15) is 5.75 Å². The molecule has 3 aliphatic heterocycles. The lowest BCUT2D eigenvalue weighted by atomic mass is 9.95. The maximum absolute atomic E-state index is 5.53. The van der Waals surface area contributed by atoms with Crippen LogP contribution in [0.2, 0.25) is 0 Å². The monoisotopic (exact) mass is 355 g/mol. The minimum Gasteiger partial charge on any atom is -0.497 e. The van der Waals surface area contributed by atoms with Crippen molar-refractivity contribution in [2.45, 2.75) is 45.3 Å². The van der Waals surface area contributed by atoms with Gasteiger partial charge in [0.2, 0.25) is 0 Å². The molecule has 2 aromatic rings. The number of nitrogens with zero attached hydrogens (tertiary/aromatic N) is 3. The van der Waals surface area contributed by atoms with Crippen LogP contribution >= 0.6 is 0 Å². The van der Waals surface area contributed by atoms with Gasteiger partial charge in [-0.25, -0.2) is 0 Å². The Kier molecular flexibility index (Phi) is 5.27. The van der Waals surface area contributed by atoms with Crippen LogP contribution in [-0.2, 0) is 19.5 Å². The molecule has 2 bridgehead atoms. The summed E-state index contributed by atoms with van der Waals surface area (Å²) in [5, 5.41) is 4.15. The van der Waals surface area contributed by atoms with Crippen molar-refractivity contribution in [1.82, 2.24) is 15.0 Å². The van der Waals surface area contributed by atoms with Crippen LogP contribution in [0.15, 0.2) is 34.9 Å². The molecule has 0 spiro atoms. The normalized spacial score (nSPS) is 23.9. The fourth-order valence-corrected chi connectivity index (χ4v) is 4.39. The van der Waals surface area contributed by atoms with Crippen molar-refractivity contribution >= 4 is 0 Å². The molecular weight excluding hydrogens is 326 g/mol. The third-order valence-corrected chi connectivity index (χ3v) is 5.80. The van der Waals surface area contributed by atoms with Crippen molar-refractivity contribution in [3.8, 4) is 5.75 Å². The van der Waals surface area contributed by atoms with Gasteiger partial charge < -0.3 is 9.26 Å². The van der Waals surface area contributed by atoms with Gasteiger partial charge in [0.25, 0.3) is 0 Å². The Morgan fingerprint density at radius 3 is 2.69 bits per heavy atom. The van der Waals surface area contributed by atoms with Crippen LogP contribution < -0.4 is 4.74 Å². The number of rotatable bonds is 6. The molecule has 5 nitrogen and oxygen atoms in total. The molecule has 3 saturated heterocycles. The molecule has 3 fully saturated rings. The van der Waals surface area contributed by atoms with Gasteiger partial charge in [-0.1, -0.05) is 24.2 Å². The van der Waals surface area contributed by atoms with E-state index < -0.39 is 0 Å². The predicted octanol–water partition coefficient (Wildman–Crippen LogP) is 3.34. The quantitative estimate of drug-likeness (QED) is 0.795. The first kappa shape index (κ1) is 17.6. The van der Waals surface area contributed by atoms with E-state index in [0.717, 1.165) is 49.2 Å². The number of ether oxygens (including phenoxy) is 1. The summed E-state index contributed by atoms with van der Waals surface area (Å²) in [7, 11) is 1.72. The van der Waals surface area contributed by atoms with Crippen LogP contribution in [0.1, 0.15) is 36.8 Å². The first-order valence-corrected chi connectivity index (χ1v) is 9.77. The number of aryl methyl sites for hydroxylation is 1. The van der Waals surface area contributed by atoms with Crippen LogP contribution in [0, 0.1) is 5.92 Å². The van der Waals surface area contributed by atoms with E-state index in [0.29, 0.717) is 6.04 Å². The first-order valence-electron chi connectivity index (χ1n) is 9.77. The maximum atomic E-state index is 5.53. The zero-order valence-electron chi connectivity index (χ0n) is 15.9. The molecule has 140 valence electrons. The highest BCUT2D eigenvalue weighted by molar-refractivity contribution is 5.27. The summed E-state index contributed by atoms with van der Waals surface area (Å²) in [5.41, 5.74) is 2.42. The molecular formula is C21H29N3O2. The summed E-state index contributed by atoms with van der Waals surface area (Å²) in [4.78, 5) is 5.24. The lowest BCUT2D eigenvalue weighted by molar-refractivity contribution is 0.111. The van der Waals surface area contributed by atoms with E-state index in [1.165, 1.54) is 31.5 Å². The second-order valence-electron chi connectivity index (χ2n) is 7.71. The van der Waals surface area contributed by atoms with Crippen LogP contribution in [0.4, 0.5) is 0 Å². The molecule has 4 heterocycles. The Labute approximate surface area is 155 Å². The van der Waals surface area contributed by atoms with Gasteiger partial charge >= 0.3 is 0 Å². The third kappa shape index (κ3) is 3.94. The summed E-state index contributed by atoms with van der Waals surface area (Å²) < 4.78 is 10.8. The van der Waals surface area contributed by atoms with Gasteiger partial charge in [0.15, 0.2) is 5.76 Å². The van der Waals surface area contributed by atoms with Gasteiger partial charge in [-0.2, -0.15) is 0 Å². The van der Waals surface area contributed by atoms with Crippen molar-refractivity contribution in [3.05, 3.63) is 47.3 Å². The Morgan fingerprint density at radius 2 is 1.96 bits per heavy atom. The van der Waals surface area contributed by atoms with E-state index in [1.54, 1.807) is 7.11 Å². The highest BCUT2D eigenvalue weighted by Gasteiger charge is 2.35. The zero-order valence-corrected chi connectivity index (χ0v) is 15.9. The highest BCUT2D eigenvalue weighted by atomic mass is 16.5. The van der Waals surface area contributed by atoms with Gasteiger partial charge in [-0.15, -0.1) is 0 Å². The minimum absolute atomic E-state index is 0.613. The average Bonchev–Trinajstić information content (AvgIpc) is 2.95. The molecule has 2 atom stereocenters. The van der Waals surface area contributed by atoms with Crippen LogP contribution in [-0.4, -0.2) is 47.7 Å². The fourth-order valence-electron chi connectivity index (χ4n) is 4.39. The molecule has 0 N–H and O–H groups in total. The van der Waals surface area contributed by atoms with E-state index in [4.69, 9.17) is 9.26 Å². The molecule has 0 amide bonds. The molecule has 0 aliphatic carbocycles. The largest absolute Gasteiger partial charge is 0.497 e. The minimum atomic E-state index is 0.613. The predicted molar refractivity (Wildman–Crippen MR) is 101 cm³/mol. The third-order valence-electron chi connectivity index (χ3n) is 5.80. The molecule has 0 saturated carbocycles. The molecule has 3 aliphatic rings. The Morgan fingerprint density at radius 1 is 1.12 bits per heavy atom. The molecule has 1 aromatic carbocycles. The van der Waals surface area contributed by atoms with Crippen LogP contribution in [0.3, 0.4) is 0 Å². The topological polar surface area (TPSA) is 41.7 Å². The zero-order chi connectivity index (χ0) is 17.9. The summed E-state index contributed by atoms with van der Waals surface area (Å²) in [5.74, 6) is 2.69. The summed E-state index contributed by atoms with van der Waals surface area (Å²) in [6, 6.07) is 11.2. The van der Waals surface area contributed by atoms with Crippen molar-refractivity contribution in [1.29, 1.82) is 0 Å². The standard InChI is InChI=1S/C21H29N3O2/c1-3-18-10-21(26-22-18)15-24-13-17-4-7-19(24)14-23(12-17)11-16-5-8-20(25-2)9-6-16/h5-6,8-10,17,19H,3-4,7,11-15H2,1-2H3/t17-,19+/m0/s1. The molecule has 0 radical (unpaired) electrons. The second-order valence-corrected chi connectivity index (χ2v) is 7.71.